The third-order valence-electron chi connectivity index (χ3n) is 19.1. The standard InChI is InChI=1S/C48H75NO7/c1-41(2)22-24-48(31-49-37(50)27-46(28-38(51)52)16-8-9-17-46)25-23-44(6)32(33(48)26-41)12-13-35-43(5)20-15-36(42(3,4)34(43)14-21-45(35,44)7)56-40(55)30-47(29-39(53)54)18-10-11-19-47/h12,33-36H,8-11,13-31H2,1-7H3,(H,49,50)(H,51,52)(H,53,54)/t33-,34-,35+,36-,43-,44+,45+,48+/m0/s1. The number of allylic oxidation sites excluding steroid dienone is 2. The molecule has 0 aromatic rings. The van der Waals surface area contributed by atoms with Crippen LogP contribution in [0.15, 0.2) is 11.6 Å². The Labute approximate surface area is 337 Å². The van der Waals surface area contributed by atoms with Gasteiger partial charge in [0.15, 0.2) is 0 Å². The zero-order chi connectivity index (χ0) is 40.6. The predicted molar refractivity (Wildman–Crippen MR) is 217 cm³/mol. The molecule has 56 heavy (non-hydrogen) atoms. The lowest BCUT2D eigenvalue weighted by atomic mass is 9.33. The van der Waals surface area contributed by atoms with Gasteiger partial charge in [-0.3, -0.25) is 19.2 Å². The number of rotatable bonds is 11. The van der Waals surface area contributed by atoms with Crippen LogP contribution in [0.4, 0.5) is 0 Å². The molecule has 0 saturated heterocycles. The molecule has 314 valence electrons. The molecule has 7 rings (SSSR count). The van der Waals surface area contributed by atoms with E-state index in [-0.39, 0.29) is 69.7 Å². The number of carbonyl (C=O) groups is 4. The molecule has 8 heteroatoms. The maximum absolute atomic E-state index is 13.7. The molecule has 0 aromatic carbocycles. The van der Waals surface area contributed by atoms with Gasteiger partial charge in [-0.15, -0.1) is 0 Å². The van der Waals surface area contributed by atoms with E-state index in [0.29, 0.717) is 30.7 Å². The minimum atomic E-state index is -0.818. The molecule has 0 unspecified atom stereocenters. The highest BCUT2D eigenvalue weighted by Crippen LogP contribution is 2.76. The summed E-state index contributed by atoms with van der Waals surface area (Å²) in [4.78, 5) is 50.8. The predicted octanol–water partition coefficient (Wildman–Crippen LogP) is 10.7. The normalized spacial score (nSPS) is 40.2. The van der Waals surface area contributed by atoms with E-state index < -0.39 is 22.8 Å². The molecule has 0 spiro atoms. The molecule has 6 saturated carbocycles. The van der Waals surface area contributed by atoms with Gasteiger partial charge in [0, 0.05) is 18.4 Å². The molecule has 0 aromatic heterocycles. The van der Waals surface area contributed by atoms with Crippen molar-refractivity contribution in [3.05, 3.63) is 11.6 Å². The second kappa shape index (κ2) is 14.4. The van der Waals surface area contributed by atoms with Crippen molar-refractivity contribution in [3.63, 3.8) is 0 Å². The second-order valence-electron chi connectivity index (χ2n) is 23.1. The smallest absolute Gasteiger partial charge is 0.306 e. The molecule has 1 amide bonds. The van der Waals surface area contributed by atoms with Crippen LogP contribution in [0, 0.1) is 61.1 Å². The zero-order valence-corrected chi connectivity index (χ0v) is 36.1. The van der Waals surface area contributed by atoms with E-state index >= 15 is 0 Å². The van der Waals surface area contributed by atoms with Crippen molar-refractivity contribution < 1.29 is 34.1 Å². The molecule has 0 bridgehead atoms. The molecule has 7 aliphatic rings. The van der Waals surface area contributed by atoms with Crippen LogP contribution in [0.3, 0.4) is 0 Å². The van der Waals surface area contributed by atoms with Gasteiger partial charge in [0.1, 0.15) is 6.10 Å². The van der Waals surface area contributed by atoms with Crippen molar-refractivity contribution in [1.29, 1.82) is 0 Å². The maximum Gasteiger partial charge on any atom is 0.306 e. The Balaban J connectivity index is 1.10. The molecule has 0 aliphatic heterocycles. The number of amides is 1. The summed E-state index contributed by atoms with van der Waals surface area (Å²) in [6.45, 7) is 18.0. The topological polar surface area (TPSA) is 130 Å². The maximum atomic E-state index is 13.7. The number of aliphatic carboxylic acids is 2. The van der Waals surface area contributed by atoms with Crippen molar-refractivity contribution in [3.8, 4) is 0 Å². The van der Waals surface area contributed by atoms with Gasteiger partial charge in [0.25, 0.3) is 0 Å². The summed E-state index contributed by atoms with van der Waals surface area (Å²) in [7, 11) is 0. The summed E-state index contributed by atoms with van der Waals surface area (Å²) in [6.07, 6.45) is 21.3. The van der Waals surface area contributed by atoms with Crippen LogP contribution in [-0.4, -0.2) is 46.7 Å². The van der Waals surface area contributed by atoms with E-state index in [1.807, 2.05) is 0 Å². The first kappa shape index (κ1) is 41.8. The third kappa shape index (κ3) is 7.09. The van der Waals surface area contributed by atoms with Crippen LogP contribution in [0.25, 0.3) is 0 Å². The Hall–Kier alpha value is -2.38. The van der Waals surface area contributed by atoms with E-state index in [0.717, 1.165) is 116 Å². The highest BCUT2D eigenvalue weighted by molar-refractivity contribution is 5.78. The van der Waals surface area contributed by atoms with E-state index in [9.17, 15) is 29.4 Å². The summed E-state index contributed by atoms with van der Waals surface area (Å²) in [5.41, 5.74) is 1.21. The van der Waals surface area contributed by atoms with Crippen LogP contribution in [0.1, 0.15) is 190 Å². The van der Waals surface area contributed by atoms with Gasteiger partial charge in [-0.2, -0.15) is 0 Å². The number of ether oxygens (including phenoxy) is 1. The highest BCUT2D eigenvalue weighted by Gasteiger charge is 2.68. The first-order chi connectivity index (χ1) is 26.1. The number of carboxylic acid groups (broad SMARTS) is 2. The van der Waals surface area contributed by atoms with Crippen molar-refractivity contribution in [2.24, 2.45) is 61.1 Å². The van der Waals surface area contributed by atoms with Crippen LogP contribution in [0.2, 0.25) is 0 Å². The van der Waals surface area contributed by atoms with E-state index in [2.05, 4.69) is 59.9 Å². The Kier molecular flexibility index (Phi) is 10.8. The first-order valence-corrected chi connectivity index (χ1v) is 22.7. The van der Waals surface area contributed by atoms with Gasteiger partial charge in [0.2, 0.25) is 5.91 Å². The minimum absolute atomic E-state index is 0.0297. The first-order valence-electron chi connectivity index (χ1n) is 22.7. The molecule has 3 N–H and O–H groups in total. The average molecular weight is 778 g/mol. The summed E-state index contributed by atoms with van der Waals surface area (Å²) < 4.78 is 6.43. The molecular weight excluding hydrogens is 703 g/mol. The summed E-state index contributed by atoms with van der Waals surface area (Å²) in [6, 6.07) is 0. The van der Waals surface area contributed by atoms with E-state index in [1.165, 1.54) is 0 Å². The SMILES string of the molecule is CC1(C)CC[C@]2(CNC(=O)CC3(CC(=O)O)CCCC3)CC[C@]3(C)C(=CC[C@@H]4[C@@]5(C)CC[C@H](OC(=O)CC6(CC(=O)O)CCCC6)C(C)(C)[C@@H]5CC[C@]43C)[C@@H]2C1. The van der Waals surface area contributed by atoms with Crippen molar-refractivity contribution in [2.75, 3.05) is 6.54 Å². The molecule has 8 atom stereocenters. The zero-order valence-electron chi connectivity index (χ0n) is 36.1. The number of esters is 1. The van der Waals surface area contributed by atoms with E-state index in [1.54, 1.807) is 5.57 Å². The lowest BCUT2D eigenvalue weighted by Crippen LogP contribution is -2.65. The van der Waals surface area contributed by atoms with Crippen molar-refractivity contribution >= 4 is 23.8 Å². The van der Waals surface area contributed by atoms with Gasteiger partial charge >= 0.3 is 17.9 Å². The molecule has 0 radical (unpaired) electrons. The Morgan fingerprint density at radius 1 is 0.696 bits per heavy atom. The van der Waals surface area contributed by atoms with Crippen LogP contribution in [0.5, 0.6) is 0 Å². The molecule has 0 heterocycles. The quantitative estimate of drug-likeness (QED) is 0.141. The molecule has 8 nitrogen and oxygen atoms in total. The number of fused-ring (bicyclic) bond motifs is 7. The lowest BCUT2D eigenvalue weighted by molar-refractivity contribution is -0.213. The minimum Gasteiger partial charge on any atom is -0.481 e. The Morgan fingerprint density at radius 3 is 1.89 bits per heavy atom. The van der Waals surface area contributed by atoms with Crippen LogP contribution >= 0.6 is 0 Å². The Bertz CT molecular complexity index is 1600. The van der Waals surface area contributed by atoms with Crippen molar-refractivity contribution in [1.82, 2.24) is 5.32 Å². The number of carboxylic acids is 2. The highest BCUT2D eigenvalue weighted by atomic mass is 16.5. The average Bonchev–Trinajstić information content (AvgIpc) is 3.74. The molecule has 7 aliphatic carbocycles. The number of carbonyl (C=O) groups excluding carboxylic acids is 2. The van der Waals surface area contributed by atoms with Gasteiger partial charge in [-0.1, -0.05) is 85.8 Å². The molecular formula is C48H75NO7. The van der Waals surface area contributed by atoms with Gasteiger partial charge in [-0.05, 0) is 146 Å². The fourth-order valence-electron chi connectivity index (χ4n) is 15.8. The number of hydrogen-bond donors (Lipinski definition) is 3. The monoisotopic (exact) mass is 778 g/mol. The van der Waals surface area contributed by atoms with E-state index in [4.69, 9.17) is 4.74 Å². The second-order valence-corrected chi connectivity index (χ2v) is 23.1. The Morgan fingerprint density at radius 2 is 1.29 bits per heavy atom. The summed E-state index contributed by atoms with van der Waals surface area (Å²) in [5.74, 6) is -0.405. The summed E-state index contributed by atoms with van der Waals surface area (Å²) in [5, 5.41) is 22.8. The van der Waals surface area contributed by atoms with Crippen LogP contribution < -0.4 is 5.32 Å². The molecule has 6 fully saturated rings. The fraction of sp³-hybridized carbons (Fsp3) is 0.875. The number of nitrogens with one attached hydrogen (secondary N) is 1. The third-order valence-corrected chi connectivity index (χ3v) is 19.1. The lowest BCUT2D eigenvalue weighted by Gasteiger charge is -2.71. The van der Waals surface area contributed by atoms with Gasteiger partial charge in [-0.25, -0.2) is 0 Å². The van der Waals surface area contributed by atoms with Crippen LogP contribution in [-0.2, 0) is 23.9 Å². The largest absolute Gasteiger partial charge is 0.481 e. The van der Waals surface area contributed by atoms with Gasteiger partial charge < -0.3 is 20.3 Å². The summed E-state index contributed by atoms with van der Waals surface area (Å²) >= 11 is 0. The fourth-order valence-corrected chi connectivity index (χ4v) is 15.8. The number of hydrogen-bond acceptors (Lipinski definition) is 5. The van der Waals surface area contributed by atoms with Crippen molar-refractivity contribution in [2.45, 2.75) is 196 Å². The van der Waals surface area contributed by atoms with Gasteiger partial charge in [0.05, 0.1) is 19.3 Å².